The molecular formula is C21H37ClO2S. The Balaban J connectivity index is 0.00000576. The molecule has 0 amide bonds. The van der Waals surface area contributed by atoms with E-state index >= 15 is 0 Å². The first kappa shape index (κ1) is 24.8. The number of unbranched alkanes of at least 4 members (excludes halogenated alkanes) is 9. The van der Waals surface area contributed by atoms with Crippen LogP contribution in [0.15, 0.2) is 24.3 Å². The molecule has 0 aliphatic rings. The van der Waals surface area contributed by atoms with Gasteiger partial charge in [0.1, 0.15) is 0 Å². The molecule has 0 saturated carbocycles. The van der Waals surface area contributed by atoms with E-state index in [1.807, 2.05) is 12.1 Å². The Morgan fingerprint density at radius 2 is 1.20 bits per heavy atom. The highest BCUT2D eigenvalue weighted by Gasteiger charge is 2.20. The van der Waals surface area contributed by atoms with Gasteiger partial charge in [-0.05, 0) is 24.0 Å². The fraction of sp³-hybridized carbons (Fsp3) is 0.714. The molecule has 0 radical (unpaired) electrons. The van der Waals surface area contributed by atoms with E-state index in [0.717, 1.165) is 12.0 Å². The van der Waals surface area contributed by atoms with Gasteiger partial charge in [-0.2, -0.15) is 12.6 Å². The molecule has 0 bridgehead atoms. The lowest BCUT2D eigenvalue weighted by atomic mass is 10.0. The van der Waals surface area contributed by atoms with Crippen LogP contribution in [0.5, 0.6) is 0 Å². The molecule has 0 saturated heterocycles. The van der Waals surface area contributed by atoms with Crippen molar-refractivity contribution in [3.63, 3.8) is 0 Å². The standard InChI is InChI=1S/C21H36O2S.ClH/c1-2-3-4-5-6-7-8-9-10-11-12-19-13-15-20(16-14-19)17-21(22,23)18-24;/h13-16,22-24H,2-12,17-18H2,1H3;1H. The number of thiol groups is 1. The van der Waals surface area contributed by atoms with E-state index in [0.29, 0.717) is 0 Å². The second kappa shape index (κ2) is 14.9. The van der Waals surface area contributed by atoms with Crippen molar-refractivity contribution >= 4 is 25.0 Å². The SMILES string of the molecule is CCCCCCCCCCCCc1ccc(CC(O)(O)CS)cc1.Cl. The summed E-state index contributed by atoms with van der Waals surface area (Å²) in [6.45, 7) is 2.27. The molecule has 0 unspecified atom stereocenters. The second-order valence-corrected chi connectivity index (χ2v) is 7.38. The minimum Gasteiger partial charge on any atom is -0.365 e. The van der Waals surface area contributed by atoms with Crippen LogP contribution in [0, 0.1) is 0 Å². The monoisotopic (exact) mass is 388 g/mol. The van der Waals surface area contributed by atoms with Crippen LogP contribution in [0.2, 0.25) is 0 Å². The van der Waals surface area contributed by atoms with Crippen molar-refractivity contribution in [2.24, 2.45) is 0 Å². The number of hydrogen-bond donors (Lipinski definition) is 3. The molecular weight excluding hydrogens is 352 g/mol. The Kier molecular flexibility index (Phi) is 14.8. The highest BCUT2D eigenvalue weighted by Crippen LogP contribution is 2.16. The van der Waals surface area contributed by atoms with Crippen molar-refractivity contribution in [1.82, 2.24) is 0 Å². The van der Waals surface area contributed by atoms with Crippen molar-refractivity contribution in [2.75, 3.05) is 5.75 Å². The Labute approximate surface area is 166 Å². The normalized spacial score (nSPS) is 11.4. The lowest BCUT2D eigenvalue weighted by Gasteiger charge is -2.19. The fourth-order valence-corrected chi connectivity index (χ4v) is 3.13. The van der Waals surface area contributed by atoms with Crippen molar-refractivity contribution in [2.45, 2.75) is 89.8 Å². The van der Waals surface area contributed by atoms with Gasteiger partial charge in [-0.15, -0.1) is 12.4 Å². The van der Waals surface area contributed by atoms with E-state index in [9.17, 15) is 10.2 Å². The number of rotatable bonds is 14. The zero-order chi connectivity index (χ0) is 17.7. The third kappa shape index (κ3) is 12.7. The molecule has 4 heteroatoms. The van der Waals surface area contributed by atoms with Gasteiger partial charge in [0.05, 0.1) is 0 Å². The van der Waals surface area contributed by atoms with E-state index in [4.69, 9.17) is 0 Å². The first-order chi connectivity index (χ1) is 11.6. The lowest BCUT2D eigenvalue weighted by molar-refractivity contribution is -0.138. The summed E-state index contributed by atoms with van der Waals surface area (Å²) < 4.78 is 0. The van der Waals surface area contributed by atoms with E-state index in [-0.39, 0.29) is 24.6 Å². The molecule has 0 aliphatic heterocycles. The highest BCUT2D eigenvalue weighted by molar-refractivity contribution is 7.80. The van der Waals surface area contributed by atoms with Crippen LogP contribution in [-0.2, 0) is 12.8 Å². The van der Waals surface area contributed by atoms with Gasteiger partial charge >= 0.3 is 0 Å². The molecule has 0 aromatic heterocycles. The lowest BCUT2D eigenvalue weighted by Crippen LogP contribution is -2.32. The average Bonchev–Trinajstić information content (AvgIpc) is 2.58. The van der Waals surface area contributed by atoms with Crippen LogP contribution >= 0.6 is 25.0 Å². The van der Waals surface area contributed by atoms with Crippen LogP contribution < -0.4 is 0 Å². The molecule has 0 spiro atoms. The van der Waals surface area contributed by atoms with E-state index in [1.54, 1.807) is 0 Å². The molecule has 0 fully saturated rings. The van der Waals surface area contributed by atoms with Crippen molar-refractivity contribution in [3.05, 3.63) is 35.4 Å². The van der Waals surface area contributed by atoms with E-state index < -0.39 is 5.79 Å². The first-order valence-corrected chi connectivity index (χ1v) is 10.3. The molecule has 1 rings (SSSR count). The van der Waals surface area contributed by atoms with Crippen LogP contribution in [-0.4, -0.2) is 21.8 Å². The fourth-order valence-electron chi connectivity index (χ4n) is 3.02. The Hall–Kier alpha value is -0.220. The van der Waals surface area contributed by atoms with Gasteiger partial charge in [-0.1, -0.05) is 89.0 Å². The third-order valence-corrected chi connectivity index (χ3v) is 5.09. The molecule has 1 aromatic rings. The Bertz CT molecular complexity index is 420. The molecule has 0 atom stereocenters. The Morgan fingerprint density at radius 1 is 0.760 bits per heavy atom. The van der Waals surface area contributed by atoms with Gasteiger partial charge in [0.15, 0.2) is 5.79 Å². The van der Waals surface area contributed by atoms with Gasteiger partial charge in [0, 0.05) is 12.2 Å². The molecule has 0 aliphatic carbocycles. The number of aliphatic hydroxyl groups is 2. The minimum absolute atomic E-state index is 0. The summed E-state index contributed by atoms with van der Waals surface area (Å²) in [5.41, 5.74) is 2.28. The van der Waals surface area contributed by atoms with Gasteiger partial charge in [-0.3, -0.25) is 0 Å². The zero-order valence-electron chi connectivity index (χ0n) is 15.8. The molecule has 0 heterocycles. The highest BCUT2D eigenvalue weighted by atomic mass is 35.5. The van der Waals surface area contributed by atoms with Gasteiger partial charge in [-0.25, -0.2) is 0 Å². The zero-order valence-corrected chi connectivity index (χ0v) is 17.5. The summed E-state index contributed by atoms with van der Waals surface area (Å²) in [7, 11) is 0. The van der Waals surface area contributed by atoms with Crippen LogP contribution in [0.1, 0.15) is 82.3 Å². The molecule has 2 N–H and O–H groups in total. The van der Waals surface area contributed by atoms with Crippen molar-refractivity contribution < 1.29 is 10.2 Å². The maximum absolute atomic E-state index is 9.63. The van der Waals surface area contributed by atoms with Gasteiger partial charge < -0.3 is 10.2 Å². The first-order valence-electron chi connectivity index (χ1n) is 9.71. The van der Waals surface area contributed by atoms with Gasteiger partial charge in [0.2, 0.25) is 0 Å². The van der Waals surface area contributed by atoms with Crippen LogP contribution in [0.25, 0.3) is 0 Å². The smallest absolute Gasteiger partial charge is 0.175 e. The maximum atomic E-state index is 9.63. The summed E-state index contributed by atoms with van der Waals surface area (Å²) >= 11 is 3.95. The maximum Gasteiger partial charge on any atom is 0.175 e. The van der Waals surface area contributed by atoms with E-state index in [1.165, 1.54) is 69.8 Å². The van der Waals surface area contributed by atoms with Crippen LogP contribution in [0.4, 0.5) is 0 Å². The quantitative estimate of drug-likeness (QED) is 0.216. The number of halogens is 1. The van der Waals surface area contributed by atoms with Gasteiger partial charge in [0.25, 0.3) is 0 Å². The predicted molar refractivity (Wildman–Crippen MR) is 114 cm³/mol. The van der Waals surface area contributed by atoms with Crippen molar-refractivity contribution in [3.8, 4) is 0 Å². The van der Waals surface area contributed by atoms with E-state index in [2.05, 4.69) is 31.7 Å². The largest absolute Gasteiger partial charge is 0.365 e. The molecule has 146 valence electrons. The second-order valence-electron chi connectivity index (χ2n) is 7.07. The summed E-state index contributed by atoms with van der Waals surface area (Å²) in [5.74, 6) is -1.66. The number of hydrogen-bond acceptors (Lipinski definition) is 3. The Morgan fingerprint density at radius 3 is 1.68 bits per heavy atom. The predicted octanol–water partition coefficient (Wildman–Crippen LogP) is 5.73. The summed E-state index contributed by atoms with van der Waals surface area (Å²) in [6, 6.07) is 8.21. The summed E-state index contributed by atoms with van der Waals surface area (Å²) in [6.07, 6.45) is 15.0. The number of benzene rings is 1. The average molecular weight is 389 g/mol. The molecule has 1 aromatic carbocycles. The number of aryl methyl sites for hydroxylation is 1. The summed E-state index contributed by atoms with van der Waals surface area (Å²) in [4.78, 5) is 0. The van der Waals surface area contributed by atoms with Crippen LogP contribution in [0.3, 0.4) is 0 Å². The third-order valence-electron chi connectivity index (χ3n) is 4.58. The van der Waals surface area contributed by atoms with Crippen molar-refractivity contribution in [1.29, 1.82) is 0 Å². The minimum atomic E-state index is -1.71. The molecule has 25 heavy (non-hydrogen) atoms. The summed E-state index contributed by atoms with van der Waals surface area (Å²) in [5, 5.41) is 19.3. The molecule has 2 nitrogen and oxygen atoms in total. The topological polar surface area (TPSA) is 40.5 Å².